The smallest absolute Gasteiger partial charge is 0.336 e. The molecule has 0 atom stereocenters. The largest absolute Gasteiger partial charge is 0.478 e. The van der Waals surface area contributed by atoms with E-state index in [2.05, 4.69) is 20.9 Å². The van der Waals surface area contributed by atoms with E-state index in [0.717, 1.165) is 20.6 Å². The van der Waals surface area contributed by atoms with E-state index in [-0.39, 0.29) is 0 Å². The fourth-order valence-corrected chi connectivity index (χ4v) is 3.59. The first-order valence-electron chi connectivity index (χ1n) is 6.51. The maximum absolute atomic E-state index is 11.6. The number of fused-ring (bicyclic) bond motifs is 1. The summed E-state index contributed by atoms with van der Waals surface area (Å²) in [7, 11) is 0. The highest BCUT2D eigenvalue weighted by Crippen LogP contribution is 2.32. The number of aromatic carboxylic acids is 1. The van der Waals surface area contributed by atoms with Gasteiger partial charge in [0, 0.05) is 5.39 Å². The number of benzene rings is 1. The third-order valence-electron chi connectivity index (χ3n) is 3.34. The maximum atomic E-state index is 11.6. The Labute approximate surface area is 134 Å². The number of aryl methyl sites for hydroxylation is 1. The molecule has 5 heteroatoms. The van der Waals surface area contributed by atoms with Gasteiger partial charge in [-0.2, -0.15) is 0 Å². The molecule has 0 aliphatic rings. The predicted molar refractivity (Wildman–Crippen MR) is 89.1 cm³/mol. The molecule has 1 aromatic carbocycles. The maximum Gasteiger partial charge on any atom is 0.336 e. The molecule has 0 radical (unpaired) electrons. The van der Waals surface area contributed by atoms with Gasteiger partial charge in [-0.15, -0.1) is 11.3 Å². The van der Waals surface area contributed by atoms with E-state index in [0.29, 0.717) is 22.2 Å². The van der Waals surface area contributed by atoms with Crippen LogP contribution in [0.2, 0.25) is 0 Å². The number of thiophene rings is 1. The molecule has 0 saturated carbocycles. The van der Waals surface area contributed by atoms with Crippen molar-refractivity contribution in [1.82, 2.24) is 4.98 Å². The average Bonchev–Trinajstić information content (AvgIpc) is 2.92. The number of carboxylic acids is 1. The molecule has 3 rings (SSSR count). The summed E-state index contributed by atoms with van der Waals surface area (Å²) in [6, 6.07) is 11.3. The molecule has 0 aliphatic carbocycles. The monoisotopic (exact) mass is 361 g/mol. The Morgan fingerprint density at radius 2 is 2.10 bits per heavy atom. The molecular weight excluding hydrogens is 350 g/mol. The zero-order chi connectivity index (χ0) is 15.0. The molecule has 21 heavy (non-hydrogen) atoms. The first kappa shape index (κ1) is 14.2. The molecule has 0 spiro atoms. The predicted octanol–water partition coefficient (Wildman–Crippen LogP) is 4.99. The number of carboxylic acid groups (broad SMARTS) is 1. The van der Waals surface area contributed by atoms with Crippen molar-refractivity contribution in [3.8, 4) is 10.6 Å². The first-order chi connectivity index (χ1) is 10.1. The van der Waals surface area contributed by atoms with E-state index >= 15 is 0 Å². The lowest BCUT2D eigenvalue weighted by Crippen LogP contribution is -2.00. The number of halogens is 1. The molecule has 106 valence electrons. The van der Waals surface area contributed by atoms with Crippen LogP contribution in [-0.2, 0) is 6.42 Å². The third-order valence-corrected chi connectivity index (χ3v) is 4.98. The fourth-order valence-electron chi connectivity index (χ4n) is 2.25. The molecular formula is C16H12BrNO2S. The second-order valence-corrected chi connectivity index (χ2v) is 7.13. The van der Waals surface area contributed by atoms with Gasteiger partial charge in [-0.3, -0.25) is 0 Å². The normalized spacial score (nSPS) is 11.0. The summed E-state index contributed by atoms with van der Waals surface area (Å²) >= 11 is 4.96. The van der Waals surface area contributed by atoms with Crippen molar-refractivity contribution in [3.05, 3.63) is 51.3 Å². The Kier molecular flexibility index (Phi) is 3.78. The van der Waals surface area contributed by atoms with Crippen LogP contribution in [0.15, 0.2) is 40.2 Å². The minimum absolute atomic E-state index is 0.301. The summed E-state index contributed by atoms with van der Waals surface area (Å²) < 4.78 is 0.998. The van der Waals surface area contributed by atoms with Gasteiger partial charge in [0.25, 0.3) is 0 Å². The van der Waals surface area contributed by atoms with Crippen LogP contribution in [0.4, 0.5) is 0 Å². The number of rotatable bonds is 3. The third kappa shape index (κ3) is 2.71. The lowest BCUT2D eigenvalue weighted by atomic mass is 10.0. The summed E-state index contributed by atoms with van der Waals surface area (Å²) in [4.78, 5) is 17.1. The summed E-state index contributed by atoms with van der Waals surface area (Å²) in [5, 5.41) is 10.2. The molecule has 0 amide bonds. The van der Waals surface area contributed by atoms with Gasteiger partial charge in [0.2, 0.25) is 0 Å². The fraction of sp³-hybridized carbons (Fsp3) is 0.125. The zero-order valence-electron chi connectivity index (χ0n) is 11.3. The van der Waals surface area contributed by atoms with E-state index in [1.54, 1.807) is 6.07 Å². The van der Waals surface area contributed by atoms with Crippen LogP contribution in [0.5, 0.6) is 0 Å². The van der Waals surface area contributed by atoms with Gasteiger partial charge in [0.05, 0.1) is 25.4 Å². The number of hydrogen-bond donors (Lipinski definition) is 1. The van der Waals surface area contributed by atoms with Crippen molar-refractivity contribution in [2.45, 2.75) is 13.3 Å². The van der Waals surface area contributed by atoms with Gasteiger partial charge >= 0.3 is 5.97 Å². The van der Waals surface area contributed by atoms with Gasteiger partial charge in [0.1, 0.15) is 0 Å². The van der Waals surface area contributed by atoms with E-state index in [9.17, 15) is 9.90 Å². The molecule has 3 aromatic rings. The first-order valence-corrected chi connectivity index (χ1v) is 8.12. The van der Waals surface area contributed by atoms with Gasteiger partial charge in [-0.1, -0.05) is 13.0 Å². The molecule has 1 N–H and O–H groups in total. The minimum atomic E-state index is -0.924. The molecule has 3 nitrogen and oxygen atoms in total. The van der Waals surface area contributed by atoms with E-state index < -0.39 is 5.97 Å². The van der Waals surface area contributed by atoms with Crippen molar-refractivity contribution in [3.63, 3.8) is 0 Å². The Bertz CT molecular complexity index is 841. The molecule has 0 bridgehead atoms. The van der Waals surface area contributed by atoms with Crippen LogP contribution in [0.25, 0.3) is 21.5 Å². The quantitative estimate of drug-likeness (QED) is 0.714. The highest BCUT2D eigenvalue weighted by atomic mass is 79.9. The van der Waals surface area contributed by atoms with Crippen LogP contribution >= 0.6 is 27.3 Å². The van der Waals surface area contributed by atoms with Crippen molar-refractivity contribution in [1.29, 1.82) is 0 Å². The van der Waals surface area contributed by atoms with Crippen molar-refractivity contribution in [2.75, 3.05) is 0 Å². The standard InChI is InChI=1S/C16H12BrNO2S/c1-2-9-3-4-12-10(7-9)11(16(19)20)8-13(18-12)14-5-6-15(17)21-14/h3-8H,2H2,1H3,(H,19,20). The van der Waals surface area contributed by atoms with Crippen LogP contribution in [0, 0.1) is 0 Å². The molecule has 0 fully saturated rings. The molecule has 0 aliphatic heterocycles. The summed E-state index contributed by atoms with van der Waals surface area (Å²) in [6.45, 7) is 2.05. The lowest BCUT2D eigenvalue weighted by molar-refractivity contribution is 0.0699. The number of nitrogens with zero attached hydrogens (tertiary/aromatic N) is 1. The van der Waals surface area contributed by atoms with Crippen LogP contribution < -0.4 is 0 Å². The van der Waals surface area contributed by atoms with Crippen LogP contribution in [0.1, 0.15) is 22.8 Å². The summed E-state index contributed by atoms with van der Waals surface area (Å²) in [5.74, 6) is -0.924. The van der Waals surface area contributed by atoms with Crippen molar-refractivity contribution in [2.24, 2.45) is 0 Å². The Balaban J connectivity index is 2.28. The Hall–Kier alpha value is -1.72. The topological polar surface area (TPSA) is 50.2 Å². The van der Waals surface area contributed by atoms with Gasteiger partial charge in [0.15, 0.2) is 0 Å². The van der Waals surface area contributed by atoms with E-state index in [4.69, 9.17) is 0 Å². The second kappa shape index (κ2) is 5.58. The van der Waals surface area contributed by atoms with Gasteiger partial charge < -0.3 is 5.11 Å². The molecule has 2 aromatic heterocycles. The number of aromatic nitrogens is 1. The van der Waals surface area contributed by atoms with E-state index in [1.165, 1.54) is 11.3 Å². The summed E-state index contributed by atoms with van der Waals surface area (Å²) in [5.41, 5.74) is 2.82. The minimum Gasteiger partial charge on any atom is -0.478 e. The summed E-state index contributed by atoms with van der Waals surface area (Å²) in [6.07, 6.45) is 0.870. The van der Waals surface area contributed by atoms with Gasteiger partial charge in [-0.05, 0) is 58.2 Å². The van der Waals surface area contributed by atoms with Crippen molar-refractivity contribution >= 4 is 44.1 Å². The van der Waals surface area contributed by atoms with Crippen LogP contribution in [0.3, 0.4) is 0 Å². The van der Waals surface area contributed by atoms with Gasteiger partial charge in [-0.25, -0.2) is 9.78 Å². The lowest BCUT2D eigenvalue weighted by Gasteiger charge is -2.07. The number of pyridine rings is 1. The highest BCUT2D eigenvalue weighted by Gasteiger charge is 2.14. The number of hydrogen-bond acceptors (Lipinski definition) is 3. The Morgan fingerprint density at radius 3 is 2.71 bits per heavy atom. The van der Waals surface area contributed by atoms with Crippen LogP contribution in [-0.4, -0.2) is 16.1 Å². The second-order valence-electron chi connectivity index (χ2n) is 4.67. The average molecular weight is 362 g/mol. The van der Waals surface area contributed by atoms with E-state index in [1.807, 2.05) is 37.3 Å². The van der Waals surface area contributed by atoms with Crippen molar-refractivity contribution < 1.29 is 9.90 Å². The molecule has 0 unspecified atom stereocenters. The SMILES string of the molecule is CCc1ccc2nc(-c3ccc(Br)s3)cc(C(=O)O)c2c1. The Morgan fingerprint density at radius 1 is 1.29 bits per heavy atom. The molecule has 2 heterocycles. The molecule has 0 saturated heterocycles. The number of carbonyl (C=O) groups is 1. The zero-order valence-corrected chi connectivity index (χ0v) is 13.7. The highest BCUT2D eigenvalue weighted by molar-refractivity contribution is 9.11.